The molecule has 0 radical (unpaired) electrons. The van der Waals surface area contributed by atoms with Crippen LogP contribution < -0.4 is 10.6 Å². The van der Waals surface area contributed by atoms with E-state index in [1.807, 2.05) is 6.07 Å². The fraction of sp³-hybridized carbons (Fsp3) is 0.235. The Morgan fingerprint density at radius 1 is 1.13 bits per heavy atom. The number of pyridine rings is 1. The third-order valence-electron chi connectivity index (χ3n) is 3.77. The van der Waals surface area contributed by atoms with Crippen molar-refractivity contribution in [2.45, 2.75) is 13.0 Å². The standard InChI is InChI=1S/C17H16FN3O2/c18-12-3-5-13(6-4-12)21-17(23)15-8-14(15)16(22)20-10-11-2-1-7-19-9-11/h1-7,9,14-15H,8,10H2,(H,20,22)(H,21,23). The number of hydrogen-bond donors (Lipinski definition) is 2. The topological polar surface area (TPSA) is 71.1 Å². The van der Waals surface area contributed by atoms with Gasteiger partial charge < -0.3 is 10.6 Å². The summed E-state index contributed by atoms with van der Waals surface area (Å²) in [5.41, 5.74) is 1.44. The average molecular weight is 313 g/mol. The Kier molecular flexibility index (Phi) is 4.32. The maximum Gasteiger partial charge on any atom is 0.228 e. The van der Waals surface area contributed by atoms with Gasteiger partial charge >= 0.3 is 0 Å². The number of carbonyl (C=O) groups is 2. The Labute approximate surface area is 132 Å². The van der Waals surface area contributed by atoms with Crippen LogP contribution in [-0.2, 0) is 16.1 Å². The van der Waals surface area contributed by atoms with E-state index in [0.717, 1.165) is 5.56 Å². The molecule has 0 aliphatic heterocycles. The number of hydrogen-bond acceptors (Lipinski definition) is 3. The number of amides is 2. The summed E-state index contributed by atoms with van der Waals surface area (Å²) in [6.07, 6.45) is 3.89. The van der Waals surface area contributed by atoms with E-state index in [4.69, 9.17) is 0 Å². The first kappa shape index (κ1) is 15.1. The molecule has 2 N–H and O–H groups in total. The molecule has 1 aliphatic rings. The van der Waals surface area contributed by atoms with E-state index in [0.29, 0.717) is 18.7 Å². The second-order valence-electron chi connectivity index (χ2n) is 5.52. The molecule has 1 saturated carbocycles. The zero-order valence-corrected chi connectivity index (χ0v) is 12.3. The molecule has 1 aliphatic carbocycles. The Bertz CT molecular complexity index is 704. The molecule has 2 atom stereocenters. The van der Waals surface area contributed by atoms with E-state index in [2.05, 4.69) is 15.6 Å². The van der Waals surface area contributed by atoms with E-state index in [-0.39, 0.29) is 29.5 Å². The summed E-state index contributed by atoms with van der Waals surface area (Å²) in [5, 5.41) is 5.50. The zero-order chi connectivity index (χ0) is 16.2. The number of benzene rings is 1. The van der Waals surface area contributed by atoms with Crippen molar-refractivity contribution < 1.29 is 14.0 Å². The van der Waals surface area contributed by atoms with Gasteiger partial charge in [-0.2, -0.15) is 0 Å². The number of anilines is 1. The molecule has 0 spiro atoms. The lowest BCUT2D eigenvalue weighted by Crippen LogP contribution is -2.27. The molecular weight excluding hydrogens is 297 g/mol. The van der Waals surface area contributed by atoms with Crippen molar-refractivity contribution in [2.24, 2.45) is 11.8 Å². The fourth-order valence-corrected chi connectivity index (χ4v) is 2.37. The first-order valence-corrected chi connectivity index (χ1v) is 7.36. The monoisotopic (exact) mass is 313 g/mol. The maximum atomic E-state index is 12.8. The summed E-state index contributed by atoms with van der Waals surface area (Å²) in [5.74, 6) is -1.32. The second kappa shape index (κ2) is 6.56. The van der Waals surface area contributed by atoms with E-state index < -0.39 is 0 Å². The highest BCUT2D eigenvalue weighted by Crippen LogP contribution is 2.39. The van der Waals surface area contributed by atoms with Gasteiger partial charge in [-0.25, -0.2) is 4.39 Å². The Morgan fingerprint density at radius 2 is 1.87 bits per heavy atom. The minimum Gasteiger partial charge on any atom is -0.352 e. The van der Waals surface area contributed by atoms with Crippen molar-refractivity contribution in [1.29, 1.82) is 0 Å². The first-order chi connectivity index (χ1) is 11.1. The van der Waals surface area contributed by atoms with Crippen LogP contribution in [0.3, 0.4) is 0 Å². The molecule has 118 valence electrons. The lowest BCUT2D eigenvalue weighted by molar-refractivity contribution is -0.125. The SMILES string of the molecule is O=C(NCc1cccnc1)C1CC1C(=O)Nc1ccc(F)cc1. The van der Waals surface area contributed by atoms with E-state index in [1.165, 1.54) is 24.3 Å². The van der Waals surface area contributed by atoms with Crippen LogP contribution in [0.5, 0.6) is 0 Å². The number of nitrogens with one attached hydrogen (secondary N) is 2. The number of aromatic nitrogens is 1. The van der Waals surface area contributed by atoms with Crippen molar-refractivity contribution in [3.8, 4) is 0 Å². The summed E-state index contributed by atoms with van der Waals surface area (Å²) in [7, 11) is 0. The lowest BCUT2D eigenvalue weighted by Gasteiger charge is -2.06. The number of halogens is 1. The van der Waals surface area contributed by atoms with Gasteiger partial charge in [-0.15, -0.1) is 0 Å². The summed E-state index contributed by atoms with van der Waals surface area (Å²) >= 11 is 0. The number of carbonyl (C=O) groups excluding carboxylic acids is 2. The second-order valence-corrected chi connectivity index (χ2v) is 5.52. The van der Waals surface area contributed by atoms with Gasteiger partial charge in [0.2, 0.25) is 11.8 Å². The third-order valence-corrected chi connectivity index (χ3v) is 3.77. The molecule has 0 saturated heterocycles. The minimum absolute atomic E-state index is 0.131. The van der Waals surface area contributed by atoms with Crippen LogP contribution in [0.15, 0.2) is 48.8 Å². The molecule has 1 aromatic carbocycles. The predicted octanol–water partition coefficient (Wildman–Crippen LogP) is 2.11. The normalized spacial score (nSPS) is 19.0. The van der Waals surface area contributed by atoms with Crippen molar-refractivity contribution in [3.05, 3.63) is 60.2 Å². The molecule has 6 heteroatoms. The molecule has 1 fully saturated rings. The van der Waals surface area contributed by atoms with Crippen LogP contribution in [0.2, 0.25) is 0 Å². The third kappa shape index (κ3) is 3.91. The molecule has 23 heavy (non-hydrogen) atoms. The maximum absolute atomic E-state index is 12.8. The highest BCUT2D eigenvalue weighted by molar-refractivity contribution is 5.99. The van der Waals surface area contributed by atoms with E-state index >= 15 is 0 Å². The van der Waals surface area contributed by atoms with Crippen LogP contribution in [0.1, 0.15) is 12.0 Å². The van der Waals surface area contributed by atoms with Crippen LogP contribution >= 0.6 is 0 Å². The van der Waals surface area contributed by atoms with Gasteiger partial charge in [0.05, 0.1) is 11.8 Å². The van der Waals surface area contributed by atoms with Crippen molar-refractivity contribution in [2.75, 3.05) is 5.32 Å². The molecule has 3 rings (SSSR count). The van der Waals surface area contributed by atoms with Crippen LogP contribution in [0.4, 0.5) is 10.1 Å². The van der Waals surface area contributed by atoms with Gasteiger partial charge in [0.1, 0.15) is 5.82 Å². The predicted molar refractivity (Wildman–Crippen MR) is 82.7 cm³/mol. The molecule has 2 amide bonds. The summed E-state index contributed by atoms with van der Waals surface area (Å²) in [4.78, 5) is 28.1. The van der Waals surface area contributed by atoms with E-state index in [1.54, 1.807) is 18.5 Å². The zero-order valence-electron chi connectivity index (χ0n) is 12.3. The molecule has 1 aromatic heterocycles. The van der Waals surface area contributed by atoms with Gasteiger partial charge in [0.15, 0.2) is 0 Å². The molecule has 5 nitrogen and oxygen atoms in total. The van der Waals surface area contributed by atoms with E-state index in [9.17, 15) is 14.0 Å². The van der Waals surface area contributed by atoms with Gasteiger partial charge in [-0.1, -0.05) is 6.07 Å². The van der Waals surface area contributed by atoms with Gasteiger partial charge in [-0.3, -0.25) is 14.6 Å². The lowest BCUT2D eigenvalue weighted by atomic mass is 10.2. The molecule has 1 heterocycles. The van der Waals surface area contributed by atoms with Crippen LogP contribution in [0.25, 0.3) is 0 Å². The average Bonchev–Trinajstić information content (AvgIpc) is 3.36. The highest BCUT2D eigenvalue weighted by atomic mass is 19.1. The molecule has 0 bridgehead atoms. The Morgan fingerprint density at radius 3 is 2.57 bits per heavy atom. The minimum atomic E-state index is -0.359. The molecule has 2 unspecified atom stereocenters. The van der Waals surface area contributed by atoms with Crippen LogP contribution in [-0.4, -0.2) is 16.8 Å². The van der Waals surface area contributed by atoms with Crippen molar-refractivity contribution >= 4 is 17.5 Å². The first-order valence-electron chi connectivity index (χ1n) is 7.36. The van der Waals surface area contributed by atoms with Gasteiger partial charge in [0.25, 0.3) is 0 Å². The number of nitrogens with zero attached hydrogens (tertiary/aromatic N) is 1. The summed E-state index contributed by atoms with van der Waals surface area (Å²) in [6, 6.07) is 9.22. The number of rotatable bonds is 5. The molecular formula is C17H16FN3O2. The fourth-order valence-electron chi connectivity index (χ4n) is 2.37. The van der Waals surface area contributed by atoms with Gasteiger partial charge in [0, 0.05) is 24.6 Å². The Hall–Kier alpha value is -2.76. The highest BCUT2D eigenvalue weighted by Gasteiger charge is 2.47. The largest absolute Gasteiger partial charge is 0.352 e. The van der Waals surface area contributed by atoms with Crippen molar-refractivity contribution in [1.82, 2.24) is 10.3 Å². The van der Waals surface area contributed by atoms with Crippen LogP contribution in [0, 0.1) is 17.7 Å². The molecule has 2 aromatic rings. The van der Waals surface area contributed by atoms with Gasteiger partial charge in [-0.05, 0) is 42.3 Å². The smallest absolute Gasteiger partial charge is 0.228 e. The quantitative estimate of drug-likeness (QED) is 0.888. The Balaban J connectivity index is 1.47. The summed E-state index contributed by atoms with van der Waals surface area (Å²) < 4.78 is 12.8. The summed E-state index contributed by atoms with van der Waals surface area (Å²) in [6.45, 7) is 0.398. The van der Waals surface area contributed by atoms with Crippen molar-refractivity contribution in [3.63, 3.8) is 0 Å².